The summed E-state index contributed by atoms with van der Waals surface area (Å²) >= 11 is 0. The molecule has 1 saturated heterocycles. The SMILES string of the molecule is CC(=O)N1CC(C#N)(C2=Cc3c(N[C@H](C)c4cccc(C(F)F)c4F)ncnc3N(C)C2O)C1. The van der Waals surface area contributed by atoms with Gasteiger partial charge in [0.2, 0.25) is 5.91 Å². The molecule has 0 aliphatic carbocycles. The number of halogens is 3. The lowest BCUT2D eigenvalue weighted by Crippen LogP contribution is -2.61. The van der Waals surface area contributed by atoms with Crippen molar-refractivity contribution >= 4 is 23.6 Å². The molecule has 1 aromatic heterocycles. The summed E-state index contributed by atoms with van der Waals surface area (Å²) in [6.45, 7) is 3.31. The summed E-state index contributed by atoms with van der Waals surface area (Å²) in [5.41, 5.74) is -0.870. The zero-order chi connectivity index (χ0) is 24.8. The average molecular weight is 472 g/mol. The average Bonchev–Trinajstić information content (AvgIpc) is 2.76. The number of benzene rings is 1. The van der Waals surface area contributed by atoms with Gasteiger partial charge in [-0.15, -0.1) is 0 Å². The van der Waals surface area contributed by atoms with E-state index >= 15 is 0 Å². The van der Waals surface area contributed by atoms with Crippen LogP contribution < -0.4 is 10.2 Å². The van der Waals surface area contributed by atoms with Crippen molar-refractivity contribution in [3.8, 4) is 6.07 Å². The molecule has 1 amide bonds. The Morgan fingerprint density at radius 2 is 2.00 bits per heavy atom. The fourth-order valence-electron chi connectivity index (χ4n) is 4.36. The monoisotopic (exact) mass is 472 g/mol. The van der Waals surface area contributed by atoms with Crippen molar-refractivity contribution in [2.45, 2.75) is 32.5 Å². The lowest BCUT2D eigenvalue weighted by molar-refractivity contribution is -0.136. The van der Waals surface area contributed by atoms with Gasteiger partial charge in [0.05, 0.1) is 23.2 Å². The number of alkyl halides is 2. The van der Waals surface area contributed by atoms with E-state index in [1.165, 1.54) is 35.2 Å². The van der Waals surface area contributed by atoms with E-state index in [2.05, 4.69) is 21.4 Å². The Morgan fingerprint density at radius 3 is 2.62 bits per heavy atom. The predicted octanol–water partition coefficient (Wildman–Crippen LogP) is 3.25. The number of aliphatic hydroxyl groups is 1. The maximum Gasteiger partial charge on any atom is 0.266 e. The first-order valence-electron chi connectivity index (χ1n) is 10.6. The highest BCUT2D eigenvalue weighted by Crippen LogP contribution is 2.45. The van der Waals surface area contributed by atoms with Crippen LogP contribution in [-0.4, -0.2) is 52.2 Å². The van der Waals surface area contributed by atoms with Gasteiger partial charge in [0, 0.05) is 38.2 Å². The lowest BCUT2D eigenvalue weighted by Gasteiger charge is -2.49. The number of likely N-dealkylation sites (tertiary alicyclic amines) is 1. The van der Waals surface area contributed by atoms with Crippen LogP contribution in [0.1, 0.15) is 43.0 Å². The van der Waals surface area contributed by atoms with Crippen LogP contribution in [0.15, 0.2) is 30.1 Å². The Labute approximate surface area is 194 Å². The highest BCUT2D eigenvalue weighted by Gasteiger charge is 2.51. The molecule has 1 aromatic carbocycles. The minimum absolute atomic E-state index is 0.0446. The molecular formula is C23H23F3N6O2. The highest BCUT2D eigenvalue weighted by atomic mass is 19.3. The van der Waals surface area contributed by atoms with Crippen molar-refractivity contribution in [3.63, 3.8) is 0 Å². The van der Waals surface area contributed by atoms with Crippen molar-refractivity contribution in [3.05, 3.63) is 52.6 Å². The van der Waals surface area contributed by atoms with Gasteiger partial charge in [-0.05, 0) is 13.0 Å². The molecule has 2 aliphatic rings. The zero-order valence-electron chi connectivity index (χ0n) is 18.8. The Morgan fingerprint density at radius 1 is 1.32 bits per heavy atom. The summed E-state index contributed by atoms with van der Waals surface area (Å²) in [5.74, 6) is -0.505. The van der Waals surface area contributed by atoms with Crippen LogP contribution in [0, 0.1) is 22.6 Å². The van der Waals surface area contributed by atoms with Gasteiger partial charge in [0.1, 0.15) is 29.2 Å². The normalized spacial score (nSPS) is 19.6. The highest BCUT2D eigenvalue weighted by molar-refractivity contribution is 5.81. The van der Waals surface area contributed by atoms with Crippen LogP contribution >= 0.6 is 0 Å². The number of fused-ring (bicyclic) bond motifs is 1. The van der Waals surface area contributed by atoms with Gasteiger partial charge in [-0.3, -0.25) is 4.79 Å². The number of nitrogens with zero attached hydrogens (tertiary/aromatic N) is 5. The molecule has 2 atom stereocenters. The third-order valence-electron chi connectivity index (χ3n) is 6.39. The third-order valence-corrected chi connectivity index (χ3v) is 6.39. The summed E-state index contributed by atoms with van der Waals surface area (Å²) in [7, 11) is 1.61. The van der Waals surface area contributed by atoms with Crippen LogP contribution in [-0.2, 0) is 4.79 Å². The minimum atomic E-state index is -2.95. The van der Waals surface area contributed by atoms with Crippen LogP contribution in [0.4, 0.5) is 24.8 Å². The summed E-state index contributed by atoms with van der Waals surface area (Å²) in [6, 6.07) is 5.32. The molecule has 2 aromatic rings. The summed E-state index contributed by atoms with van der Waals surface area (Å²) in [6.07, 6.45) is -1.22. The van der Waals surface area contributed by atoms with Crippen LogP contribution in [0.25, 0.3) is 6.08 Å². The molecule has 8 nitrogen and oxygen atoms in total. The fourth-order valence-corrected chi connectivity index (χ4v) is 4.36. The van der Waals surface area contributed by atoms with Crippen LogP contribution in [0.2, 0.25) is 0 Å². The van der Waals surface area contributed by atoms with Crippen molar-refractivity contribution in [1.82, 2.24) is 14.9 Å². The molecule has 0 saturated carbocycles. The summed E-state index contributed by atoms with van der Waals surface area (Å²) in [5, 5.41) is 23.9. The number of carbonyl (C=O) groups is 1. The number of carbonyl (C=O) groups excluding carboxylic acids is 1. The van der Waals surface area contributed by atoms with Crippen molar-refractivity contribution in [2.24, 2.45) is 5.41 Å². The Hall–Kier alpha value is -3.65. The second-order valence-corrected chi connectivity index (χ2v) is 8.53. The second-order valence-electron chi connectivity index (χ2n) is 8.53. The largest absolute Gasteiger partial charge is 0.369 e. The minimum Gasteiger partial charge on any atom is -0.369 e. The summed E-state index contributed by atoms with van der Waals surface area (Å²) < 4.78 is 41.0. The second kappa shape index (κ2) is 8.61. The molecule has 34 heavy (non-hydrogen) atoms. The molecule has 11 heteroatoms. The van der Waals surface area contributed by atoms with E-state index in [9.17, 15) is 28.3 Å². The number of hydrogen-bond donors (Lipinski definition) is 2. The fraction of sp³-hybridized carbons (Fsp3) is 0.391. The smallest absolute Gasteiger partial charge is 0.266 e. The van der Waals surface area contributed by atoms with Gasteiger partial charge < -0.3 is 20.2 Å². The van der Waals surface area contributed by atoms with Gasteiger partial charge >= 0.3 is 0 Å². The van der Waals surface area contributed by atoms with E-state index in [0.29, 0.717) is 17.0 Å². The molecule has 1 fully saturated rings. The zero-order valence-corrected chi connectivity index (χ0v) is 18.8. The van der Waals surface area contributed by atoms with E-state index in [4.69, 9.17) is 0 Å². The molecule has 3 heterocycles. The van der Waals surface area contributed by atoms with Crippen LogP contribution in [0.3, 0.4) is 0 Å². The van der Waals surface area contributed by atoms with Gasteiger partial charge in [-0.1, -0.05) is 18.2 Å². The molecule has 0 bridgehead atoms. The maximum absolute atomic E-state index is 14.7. The molecule has 0 spiro atoms. The van der Waals surface area contributed by atoms with E-state index in [0.717, 1.165) is 6.07 Å². The van der Waals surface area contributed by atoms with Crippen molar-refractivity contribution in [2.75, 3.05) is 30.4 Å². The number of likely N-dealkylation sites (N-methyl/N-ethyl adjacent to an activating group) is 1. The Balaban J connectivity index is 1.72. The first-order chi connectivity index (χ1) is 16.1. The standard InChI is InChI=1S/C23H23F3N6O2/c1-12(14-5-4-6-15(18(14)24)19(25)26)30-20-16-7-17(22(34)31(3)21(16)29-11-28-20)23(8-27)9-32(10-23)13(2)33/h4-7,11-12,19,22,34H,9-10H2,1-3H3,(H,28,29,30)/t12-,22?/m1/s1. The van der Waals surface area contributed by atoms with Crippen molar-refractivity contribution in [1.29, 1.82) is 5.26 Å². The number of hydrogen-bond acceptors (Lipinski definition) is 7. The number of aliphatic hydroxyl groups excluding tert-OH is 1. The number of nitriles is 1. The number of rotatable bonds is 5. The number of nitrogens with one attached hydrogen (secondary N) is 1. The topological polar surface area (TPSA) is 105 Å². The first kappa shape index (κ1) is 23.5. The molecule has 4 rings (SSSR count). The van der Waals surface area contributed by atoms with Gasteiger partial charge in [0.15, 0.2) is 6.23 Å². The number of amides is 1. The van der Waals surface area contributed by atoms with E-state index in [1.807, 2.05) is 0 Å². The Kier molecular flexibility index (Phi) is 5.95. The lowest BCUT2D eigenvalue weighted by atomic mass is 9.72. The first-order valence-corrected chi connectivity index (χ1v) is 10.6. The van der Waals surface area contributed by atoms with E-state index in [1.54, 1.807) is 20.0 Å². The molecule has 2 N–H and O–H groups in total. The molecule has 2 aliphatic heterocycles. The summed E-state index contributed by atoms with van der Waals surface area (Å²) in [4.78, 5) is 23.1. The van der Waals surface area contributed by atoms with Gasteiger partial charge in [-0.25, -0.2) is 23.1 Å². The Bertz CT molecular complexity index is 1210. The third kappa shape index (κ3) is 3.74. The quantitative estimate of drug-likeness (QED) is 0.688. The molecule has 1 unspecified atom stereocenters. The number of aromatic nitrogens is 2. The molecule has 178 valence electrons. The van der Waals surface area contributed by atoms with Crippen LogP contribution in [0.5, 0.6) is 0 Å². The maximum atomic E-state index is 14.7. The van der Waals surface area contributed by atoms with Crippen molar-refractivity contribution < 1.29 is 23.1 Å². The van der Waals surface area contributed by atoms with E-state index < -0.39 is 35.5 Å². The van der Waals surface area contributed by atoms with Gasteiger partial charge in [0.25, 0.3) is 6.43 Å². The van der Waals surface area contributed by atoms with Gasteiger partial charge in [-0.2, -0.15) is 5.26 Å². The number of anilines is 2. The molecule has 0 radical (unpaired) electrons. The predicted molar refractivity (Wildman–Crippen MR) is 118 cm³/mol. The molecular weight excluding hydrogens is 449 g/mol. The van der Waals surface area contributed by atoms with E-state index in [-0.39, 0.29) is 30.4 Å².